The summed E-state index contributed by atoms with van der Waals surface area (Å²) >= 11 is 0. The van der Waals surface area contributed by atoms with Gasteiger partial charge in [0, 0.05) is 61.9 Å². The Morgan fingerprint density at radius 1 is 0.688 bits per heavy atom. The fraction of sp³-hybridized carbons (Fsp3) is 0.167. The van der Waals surface area contributed by atoms with E-state index in [-0.39, 0.29) is 55.1 Å². The molecule has 0 aliphatic rings. The summed E-state index contributed by atoms with van der Waals surface area (Å²) < 4.78 is 4.63. The van der Waals surface area contributed by atoms with Crippen molar-refractivity contribution in [1.29, 1.82) is 0 Å². The Bertz CT molecular complexity index is 1600. The molecule has 12 heteroatoms. The van der Waals surface area contributed by atoms with Gasteiger partial charge in [-0.15, -0.1) is 0 Å². The summed E-state index contributed by atoms with van der Waals surface area (Å²) in [5, 5.41) is 14.4. The third kappa shape index (κ3) is 16.3. The van der Waals surface area contributed by atoms with Crippen molar-refractivity contribution in [2.24, 2.45) is 0 Å². The Hall–Kier alpha value is -5.34. The van der Waals surface area contributed by atoms with Crippen LogP contribution < -0.4 is 29.5 Å². The molecule has 0 radical (unpaired) electrons. The molecule has 0 unspecified atom stereocenters. The number of hydrogen-bond acceptors (Lipinski definition) is 8. The predicted octanol–water partition coefficient (Wildman–Crippen LogP) is 1.86. The average Bonchev–Trinajstić information content (AvgIpc) is 3.07. The molecule has 2 aromatic heterocycles. The first-order valence-corrected chi connectivity index (χ1v) is 14.1. The van der Waals surface area contributed by atoms with Gasteiger partial charge in [-0.2, -0.15) is 0 Å². The molecule has 4 rings (SSSR count). The first-order chi connectivity index (χ1) is 21.8. The molecule has 0 fully saturated rings. The summed E-state index contributed by atoms with van der Waals surface area (Å²) in [4.78, 5) is 53.8. The molecule has 2 heterocycles. The second-order valence-corrected chi connectivity index (χ2v) is 9.43. The monoisotopic (exact) mass is 646 g/mol. The van der Waals surface area contributed by atoms with Crippen LogP contribution >= 0.6 is 0 Å². The van der Waals surface area contributed by atoms with Crippen LogP contribution in [0.4, 0.5) is 0 Å². The summed E-state index contributed by atoms with van der Waals surface area (Å²) in [6, 6.07) is 24.5. The van der Waals surface area contributed by atoms with Crippen molar-refractivity contribution >= 4 is 35.9 Å². The van der Waals surface area contributed by atoms with Crippen LogP contribution in [0.25, 0.3) is 12.2 Å². The zero-order chi connectivity index (χ0) is 32.3. The number of amides is 2. The molecule has 0 aliphatic heterocycles. The molecule has 0 spiro atoms. The SMILES string of the molecule is C.COC(=O)c1ccc(/C=C/C(=O)NCCc2ccccn2)cc1.O=C(/C=C/c1ccc(C(=O)O)cc1)NCCc1ccccn1.[Li+].[OH-]. The van der Waals surface area contributed by atoms with Crippen molar-refractivity contribution < 1.29 is 53.4 Å². The van der Waals surface area contributed by atoms with Crippen molar-refractivity contribution in [1.82, 2.24) is 20.6 Å². The Labute approximate surface area is 292 Å². The summed E-state index contributed by atoms with van der Waals surface area (Å²) in [7, 11) is 1.34. The Kier molecular flexibility index (Phi) is 21.3. The third-order valence-electron chi connectivity index (χ3n) is 6.16. The van der Waals surface area contributed by atoms with Gasteiger partial charge >= 0.3 is 30.8 Å². The standard InChI is InChI=1S/C18H18N2O3.C17H16N2O3.CH4.Li.H2O/c1-23-18(22)15-8-5-14(6-9-15)7-10-17(21)20-13-11-16-4-2-3-12-19-16;20-16(19-12-10-15-3-1-2-11-18-15)9-6-13-4-7-14(8-5-13)17(21)22;;;/h2-10,12H,11,13H2,1H3,(H,20,21);1-9,11H,10,12H2,(H,19,20)(H,21,22);1H4;;1H2/q;;;+1;/p-1/b10-7+;9-6+;;;. The number of carbonyl (C=O) groups excluding carboxylic acids is 3. The van der Waals surface area contributed by atoms with E-state index in [0.29, 0.717) is 31.5 Å². The minimum absolute atomic E-state index is 0. The second-order valence-electron chi connectivity index (χ2n) is 9.43. The molecular weight excluding hydrogens is 607 g/mol. The number of carboxylic acids is 1. The maximum Gasteiger partial charge on any atom is 1.00 e. The first-order valence-electron chi connectivity index (χ1n) is 14.1. The maximum absolute atomic E-state index is 11.7. The average molecular weight is 647 g/mol. The molecule has 4 N–H and O–H groups in total. The molecule has 4 aromatic rings. The molecule has 0 bridgehead atoms. The third-order valence-corrected chi connectivity index (χ3v) is 6.16. The number of hydrogen-bond donors (Lipinski definition) is 3. The van der Waals surface area contributed by atoms with Gasteiger partial charge in [0.05, 0.1) is 18.2 Å². The van der Waals surface area contributed by atoms with Crippen molar-refractivity contribution in [3.63, 3.8) is 0 Å². The number of carbonyl (C=O) groups is 4. The number of carboxylic acid groups (broad SMARTS) is 1. The molecule has 2 amide bonds. The number of esters is 1. The summed E-state index contributed by atoms with van der Waals surface area (Å²) in [5.41, 5.74) is 4.16. The van der Waals surface area contributed by atoms with Crippen LogP contribution in [0.15, 0.2) is 109 Å². The minimum Gasteiger partial charge on any atom is -0.870 e. The molecule has 11 nitrogen and oxygen atoms in total. The van der Waals surface area contributed by atoms with Gasteiger partial charge < -0.3 is 26.0 Å². The van der Waals surface area contributed by atoms with Crippen LogP contribution in [0.3, 0.4) is 0 Å². The second kappa shape index (κ2) is 23.9. The smallest absolute Gasteiger partial charge is 0.870 e. The number of nitrogens with one attached hydrogen (secondary N) is 2. The van der Waals surface area contributed by atoms with Gasteiger partial charge in [0.15, 0.2) is 0 Å². The molecule has 2 aromatic carbocycles. The van der Waals surface area contributed by atoms with Crippen LogP contribution in [-0.2, 0) is 27.2 Å². The van der Waals surface area contributed by atoms with E-state index in [4.69, 9.17) is 5.11 Å². The van der Waals surface area contributed by atoms with Crippen molar-refractivity contribution in [2.75, 3.05) is 20.2 Å². The van der Waals surface area contributed by atoms with Crippen molar-refractivity contribution in [3.05, 3.63) is 143 Å². The van der Waals surface area contributed by atoms with Crippen LogP contribution in [0.2, 0.25) is 0 Å². The molecule has 0 aliphatic carbocycles. The molecular formula is C36H39LiN4O7. The summed E-state index contributed by atoms with van der Waals surface area (Å²) in [5.74, 6) is -1.72. The molecule has 0 saturated heterocycles. The Morgan fingerprint density at radius 2 is 1.10 bits per heavy atom. The van der Waals surface area contributed by atoms with Crippen LogP contribution in [0, 0.1) is 0 Å². The number of aromatic nitrogens is 2. The van der Waals surface area contributed by atoms with Gasteiger partial charge in [0.2, 0.25) is 11.8 Å². The van der Waals surface area contributed by atoms with E-state index >= 15 is 0 Å². The molecule has 48 heavy (non-hydrogen) atoms. The molecule has 0 atom stereocenters. The van der Waals surface area contributed by atoms with E-state index in [1.54, 1.807) is 60.9 Å². The predicted molar refractivity (Wildman–Crippen MR) is 180 cm³/mol. The number of ether oxygens (including phenoxy) is 1. The number of methoxy groups -OCH3 is 1. The topological polar surface area (TPSA) is 178 Å². The first kappa shape index (κ1) is 42.7. The van der Waals surface area contributed by atoms with E-state index in [9.17, 15) is 19.2 Å². The number of rotatable bonds is 12. The van der Waals surface area contributed by atoms with E-state index in [1.807, 2.05) is 36.4 Å². The van der Waals surface area contributed by atoms with Gasteiger partial charge in [0.25, 0.3) is 0 Å². The van der Waals surface area contributed by atoms with E-state index in [1.165, 1.54) is 31.4 Å². The molecule has 246 valence electrons. The fourth-order valence-corrected chi connectivity index (χ4v) is 3.77. The number of pyridine rings is 2. The zero-order valence-electron chi connectivity index (χ0n) is 26.2. The van der Waals surface area contributed by atoms with Crippen molar-refractivity contribution in [2.45, 2.75) is 20.3 Å². The summed E-state index contributed by atoms with van der Waals surface area (Å²) in [6.45, 7) is 1.04. The Morgan fingerprint density at radius 3 is 1.46 bits per heavy atom. The zero-order valence-corrected chi connectivity index (χ0v) is 26.2. The minimum atomic E-state index is -0.970. The van der Waals surface area contributed by atoms with Crippen LogP contribution in [0.5, 0.6) is 0 Å². The van der Waals surface area contributed by atoms with Crippen molar-refractivity contribution in [3.8, 4) is 0 Å². The Balaban J connectivity index is 0.000000867. The number of aromatic carboxylic acids is 1. The van der Waals surface area contributed by atoms with E-state index in [0.717, 1.165) is 22.5 Å². The van der Waals surface area contributed by atoms with Crippen LogP contribution in [-0.4, -0.2) is 64.5 Å². The number of nitrogens with zero attached hydrogens (tertiary/aromatic N) is 2. The fourth-order valence-electron chi connectivity index (χ4n) is 3.77. The van der Waals surface area contributed by atoms with Gasteiger partial charge in [-0.1, -0.05) is 43.8 Å². The van der Waals surface area contributed by atoms with Gasteiger partial charge in [-0.3, -0.25) is 19.6 Å². The number of benzene rings is 2. The largest absolute Gasteiger partial charge is 1.00 e. The maximum atomic E-state index is 11.7. The van der Waals surface area contributed by atoms with Gasteiger partial charge in [-0.05, 0) is 71.8 Å². The van der Waals surface area contributed by atoms with Gasteiger partial charge in [-0.25, -0.2) is 9.59 Å². The normalized spacial score (nSPS) is 9.85. The van der Waals surface area contributed by atoms with Gasteiger partial charge in [0.1, 0.15) is 0 Å². The summed E-state index contributed by atoms with van der Waals surface area (Å²) in [6.07, 6.45) is 11.0. The van der Waals surface area contributed by atoms with E-state index in [2.05, 4.69) is 25.3 Å². The van der Waals surface area contributed by atoms with Crippen LogP contribution in [0.1, 0.15) is 50.7 Å². The van der Waals surface area contributed by atoms with E-state index < -0.39 is 5.97 Å². The molecule has 0 saturated carbocycles. The quantitative estimate of drug-likeness (QED) is 0.118.